The Bertz CT molecular complexity index is 440. The maximum absolute atomic E-state index is 6.09. The minimum Gasteiger partial charge on any atom is -0.381 e. The Morgan fingerprint density at radius 1 is 1.32 bits per heavy atom. The first-order valence-electron chi connectivity index (χ1n) is 7.32. The Hall–Kier alpha value is -0.900. The molecule has 0 spiro atoms. The van der Waals surface area contributed by atoms with E-state index in [2.05, 4.69) is 29.2 Å². The number of hydrogen-bond donors (Lipinski definition) is 1. The van der Waals surface area contributed by atoms with Crippen LogP contribution in [0, 0.1) is 0 Å². The predicted molar refractivity (Wildman–Crippen MR) is 77.0 cm³/mol. The molecular formula is C16H24N2O. The van der Waals surface area contributed by atoms with Crippen LogP contribution in [0.1, 0.15) is 30.4 Å². The number of nitrogens with zero attached hydrogens (tertiary/aromatic N) is 1. The van der Waals surface area contributed by atoms with Gasteiger partial charge in [0.25, 0.3) is 0 Å². The third-order valence-corrected chi connectivity index (χ3v) is 4.95. The lowest BCUT2D eigenvalue weighted by Gasteiger charge is -2.53. The fourth-order valence-corrected chi connectivity index (χ4v) is 3.61. The molecule has 3 nitrogen and oxygen atoms in total. The molecule has 1 saturated carbocycles. The van der Waals surface area contributed by atoms with Crippen LogP contribution in [0.4, 0.5) is 0 Å². The summed E-state index contributed by atoms with van der Waals surface area (Å²) in [5.41, 5.74) is 9.26. The van der Waals surface area contributed by atoms with Gasteiger partial charge in [-0.05, 0) is 43.4 Å². The van der Waals surface area contributed by atoms with Crippen molar-refractivity contribution < 1.29 is 4.74 Å². The zero-order chi connectivity index (χ0) is 13.3. The molecule has 3 rings (SSSR count). The molecule has 1 aliphatic heterocycles. The average molecular weight is 260 g/mol. The fourth-order valence-electron chi connectivity index (χ4n) is 3.61. The minimum absolute atomic E-state index is 0.179. The van der Waals surface area contributed by atoms with E-state index in [0.717, 1.165) is 32.5 Å². The number of benzene rings is 1. The Kier molecular flexibility index (Phi) is 3.61. The van der Waals surface area contributed by atoms with Crippen molar-refractivity contribution in [3.63, 3.8) is 0 Å². The molecule has 3 heteroatoms. The number of hydrogen-bond acceptors (Lipinski definition) is 3. The Labute approximate surface area is 115 Å². The monoisotopic (exact) mass is 260 g/mol. The van der Waals surface area contributed by atoms with Gasteiger partial charge in [-0.2, -0.15) is 0 Å². The number of nitrogens with two attached hydrogens (primary N) is 1. The van der Waals surface area contributed by atoms with Gasteiger partial charge in [-0.15, -0.1) is 0 Å². The highest BCUT2D eigenvalue weighted by Crippen LogP contribution is 2.40. The van der Waals surface area contributed by atoms with Crippen LogP contribution in [0.3, 0.4) is 0 Å². The number of rotatable bonds is 3. The molecule has 0 saturated heterocycles. The fraction of sp³-hybridized carbons (Fsp3) is 0.625. The van der Waals surface area contributed by atoms with Crippen LogP contribution in [-0.2, 0) is 17.7 Å². The average Bonchev–Trinajstić information content (AvgIpc) is 2.61. The lowest BCUT2D eigenvalue weighted by Crippen LogP contribution is -2.63. The van der Waals surface area contributed by atoms with Gasteiger partial charge < -0.3 is 10.5 Å². The van der Waals surface area contributed by atoms with Crippen LogP contribution in [0.5, 0.6) is 0 Å². The molecule has 0 bridgehead atoms. The Morgan fingerprint density at radius 2 is 2.05 bits per heavy atom. The second-order valence-corrected chi connectivity index (χ2v) is 5.99. The van der Waals surface area contributed by atoms with Gasteiger partial charge in [0.05, 0.1) is 6.10 Å². The smallest absolute Gasteiger partial charge is 0.0607 e. The zero-order valence-corrected chi connectivity index (χ0v) is 11.8. The third kappa shape index (κ3) is 2.31. The molecule has 0 aromatic heterocycles. The Morgan fingerprint density at radius 3 is 2.74 bits per heavy atom. The first-order valence-corrected chi connectivity index (χ1v) is 7.32. The summed E-state index contributed by atoms with van der Waals surface area (Å²) >= 11 is 0. The van der Waals surface area contributed by atoms with E-state index < -0.39 is 0 Å². The van der Waals surface area contributed by atoms with E-state index in [4.69, 9.17) is 10.5 Å². The van der Waals surface area contributed by atoms with Crippen LogP contribution in [-0.4, -0.2) is 36.7 Å². The van der Waals surface area contributed by atoms with E-state index in [1.807, 2.05) is 7.11 Å². The zero-order valence-electron chi connectivity index (χ0n) is 11.8. The molecule has 1 aromatic carbocycles. The summed E-state index contributed by atoms with van der Waals surface area (Å²) in [5.74, 6) is 0. The number of aryl methyl sites for hydroxylation is 1. The molecule has 0 amide bonds. The summed E-state index contributed by atoms with van der Waals surface area (Å²) in [7, 11) is 1.81. The first-order chi connectivity index (χ1) is 9.27. The lowest BCUT2D eigenvalue weighted by atomic mass is 9.72. The molecule has 2 N–H and O–H groups in total. The maximum Gasteiger partial charge on any atom is 0.0607 e. The molecule has 19 heavy (non-hydrogen) atoms. The SMILES string of the molecule is COC1CC(CN)(N2CCCc3ccccc3C2)C1. The van der Waals surface area contributed by atoms with E-state index in [1.165, 1.54) is 24.0 Å². The number of methoxy groups -OCH3 is 1. The van der Waals surface area contributed by atoms with E-state index >= 15 is 0 Å². The van der Waals surface area contributed by atoms with E-state index in [9.17, 15) is 0 Å². The van der Waals surface area contributed by atoms with Crippen LogP contribution in [0.2, 0.25) is 0 Å². The topological polar surface area (TPSA) is 38.5 Å². The van der Waals surface area contributed by atoms with Gasteiger partial charge in [0.1, 0.15) is 0 Å². The van der Waals surface area contributed by atoms with Crippen LogP contribution in [0.15, 0.2) is 24.3 Å². The van der Waals surface area contributed by atoms with Gasteiger partial charge in [-0.25, -0.2) is 0 Å². The predicted octanol–water partition coefficient (Wildman–Crippen LogP) is 1.94. The minimum atomic E-state index is 0.179. The van der Waals surface area contributed by atoms with Gasteiger partial charge in [-0.1, -0.05) is 24.3 Å². The van der Waals surface area contributed by atoms with Gasteiger partial charge in [-0.3, -0.25) is 4.90 Å². The second kappa shape index (κ2) is 5.23. The van der Waals surface area contributed by atoms with Crippen molar-refractivity contribution in [2.45, 2.75) is 43.9 Å². The van der Waals surface area contributed by atoms with Crippen molar-refractivity contribution in [1.29, 1.82) is 0 Å². The summed E-state index contributed by atoms with van der Waals surface area (Å²) < 4.78 is 5.45. The largest absolute Gasteiger partial charge is 0.381 e. The molecule has 0 unspecified atom stereocenters. The van der Waals surface area contributed by atoms with Gasteiger partial charge in [0, 0.05) is 25.7 Å². The van der Waals surface area contributed by atoms with Crippen molar-refractivity contribution in [2.24, 2.45) is 5.73 Å². The lowest BCUT2D eigenvalue weighted by molar-refractivity contribution is -0.0902. The van der Waals surface area contributed by atoms with Gasteiger partial charge in [0.15, 0.2) is 0 Å². The van der Waals surface area contributed by atoms with Crippen molar-refractivity contribution in [2.75, 3.05) is 20.2 Å². The molecule has 2 aliphatic rings. The van der Waals surface area contributed by atoms with E-state index in [1.54, 1.807) is 0 Å². The molecule has 0 atom stereocenters. The normalized spacial score (nSPS) is 31.4. The first kappa shape index (κ1) is 13.1. The van der Waals surface area contributed by atoms with Gasteiger partial charge in [0.2, 0.25) is 0 Å². The molecule has 1 aromatic rings. The second-order valence-electron chi connectivity index (χ2n) is 5.99. The number of ether oxygens (including phenoxy) is 1. The van der Waals surface area contributed by atoms with Crippen LogP contribution in [0.25, 0.3) is 0 Å². The standard InChI is InChI=1S/C16H24N2O/c1-19-15-9-16(10-15,12-17)18-8-4-7-13-5-2-3-6-14(13)11-18/h2-3,5-6,15H,4,7-12,17H2,1H3. The quantitative estimate of drug-likeness (QED) is 0.902. The summed E-state index contributed by atoms with van der Waals surface area (Å²) in [5, 5.41) is 0. The molecule has 1 aliphatic carbocycles. The maximum atomic E-state index is 6.09. The van der Waals surface area contributed by atoms with Crippen molar-refractivity contribution >= 4 is 0 Å². The highest BCUT2D eigenvalue weighted by atomic mass is 16.5. The molecule has 1 fully saturated rings. The molecule has 104 valence electrons. The Balaban J connectivity index is 1.79. The third-order valence-electron chi connectivity index (χ3n) is 4.95. The summed E-state index contributed by atoms with van der Waals surface area (Å²) in [6.07, 6.45) is 5.00. The van der Waals surface area contributed by atoms with Crippen LogP contribution >= 0.6 is 0 Å². The number of fused-ring (bicyclic) bond motifs is 1. The van der Waals surface area contributed by atoms with Gasteiger partial charge >= 0.3 is 0 Å². The van der Waals surface area contributed by atoms with E-state index in [0.29, 0.717) is 6.10 Å². The van der Waals surface area contributed by atoms with Crippen LogP contribution < -0.4 is 5.73 Å². The molecular weight excluding hydrogens is 236 g/mol. The van der Waals surface area contributed by atoms with E-state index in [-0.39, 0.29) is 5.54 Å². The van der Waals surface area contributed by atoms with Crippen molar-refractivity contribution in [1.82, 2.24) is 4.90 Å². The molecule has 0 radical (unpaired) electrons. The highest BCUT2D eigenvalue weighted by Gasteiger charge is 2.47. The summed E-state index contributed by atoms with van der Waals surface area (Å²) in [6, 6.07) is 8.84. The van der Waals surface area contributed by atoms with Crippen molar-refractivity contribution in [3.8, 4) is 0 Å². The highest BCUT2D eigenvalue weighted by molar-refractivity contribution is 5.28. The summed E-state index contributed by atoms with van der Waals surface area (Å²) in [6.45, 7) is 2.95. The van der Waals surface area contributed by atoms with Crippen molar-refractivity contribution in [3.05, 3.63) is 35.4 Å². The molecule has 1 heterocycles. The summed E-state index contributed by atoms with van der Waals surface area (Å²) in [4.78, 5) is 2.61.